The van der Waals surface area contributed by atoms with Gasteiger partial charge >= 0.3 is 0 Å². The third-order valence-corrected chi connectivity index (χ3v) is 4.10. The minimum atomic E-state index is 0.676. The van der Waals surface area contributed by atoms with Crippen LogP contribution in [0.15, 0.2) is 72.8 Å². The van der Waals surface area contributed by atoms with E-state index in [0.29, 0.717) is 5.69 Å². The van der Waals surface area contributed by atoms with E-state index in [1.54, 1.807) is 6.21 Å². The number of hydrogen-bond donors (Lipinski definition) is 0. The molecule has 0 atom stereocenters. The Bertz CT molecular complexity index is 866. The van der Waals surface area contributed by atoms with Gasteiger partial charge in [0.15, 0.2) is 6.21 Å². The van der Waals surface area contributed by atoms with Crippen molar-refractivity contribution in [2.75, 3.05) is 0 Å². The van der Waals surface area contributed by atoms with Gasteiger partial charge in [0.25, 0.3) is 0 Å². The quantitative estimate of drug-likeness (QED) is 0.230. The summed E-state index contributed by atoms with van der Waals surface area (Å²) in [6.07, 6.45) is 2.52. The summed E-state index contributed by atoms with van der Waals surface area (Å²) >= 11 is 0. The minimum absolute atomic E-state index is 0.676. The van der Waals surface area contributed by atoms with Gasteiger partial charge in [-0.15, -0.1) is 0 Å². The summed E-state index contributed by atoms with van der Waals surface area (Å²) in [5, 5.41) is 12.3. The summed E-state index contributed by atoms with van der Waals surface area (Å²) in [6, 6.07) is 24.0. The van der Waals surface area contributed by atoms with Crippen LogP contribution in [0.3, 0.4) is 0 Å². The van der Waals surface area contributed by atoms with Crippen molar-refractivity contribution < 1.29 is 4.74 Å². The lowest BCUT2D eigenvalue weighted by atomic mass is 10.1. The average Bonchev–Trinajstić information content (AvgIpc) is 2.93. The third-order valence-electron chi connectivity index (χ3n) is 4.10. The molecule has 0 aromatic heterocycles. The summed E-state index contributed by atoms with van der Waals surface area (Å²) in [7, 11) is 0. The molecule has 0 unspecified atom stereocenters. The van der Waals surface area contributed by atoms with E-state index in [2.05, 4.69) is 30.3 Å². The zero-order valence-electron chi connectivity index (χ0n) is 12.1. The number of hydrogen-bond acceptors (Lipinski definition) is 1. The molecule has 0 fully saturated rings. The molecule has 0 saturated heterocycles. The first-order valence-electron chi connectivity index (χ1n) is 7.39. The van der Waals surface area contributed by atoms with Crippen molar-refractivity contribution in [2.45, 2.75) is 6.42 Å². The molecule has 0 aliphatic heterocycles. The third kappa shape index (κ3) is 2.19. The van der Waals surface area contributed by atoms with E-state index in [1.807, 2.05) is 42.5 Å². The van der Waals surface area contributed by atoms with Crippen LogP contribution in [0.4, 0.5) is 5.69 Å². The molecule has 1 aliphatic carbocycles. The van der Waals surface area contributed by atoms with Crippen LogP contribution in [-0.2, 0) is 6.42 Å². The molecule has 3 aromatic rings. The molecule has 2 nitrogen and oxygen atoms in total. The monoisotopic (exact) mass is 285 g/mol. The van der Waals surface area contributed by atoms with Crippen LogP contribution in [0.25, 0.3) is 11.1 Å². The van der Waals surface area contributed by atoms with Gasteiger partial charge in [0.05, 0.1) is 0 Å². The zero-order valence-corrected chi connectivity index (χ0v) is 12.1. The van der Waals surface area contributed by atoms with Gasteiger partial charge in [-0.1, -0.05) is 42.5 Å². The maximum atomic E-state index is 12.3. The predicted octanol–water partition coefficient (Wildman–Crippen LogP) is 4.52. The fraction of sp³-hybridized carbons (Fsp3) is 0.0500. The van der Waals surface area contributed by atoms with Gasteiger partial charge in [-0.25, -0.2) is 0 Å². The Morgan fingerprint density at radius 1 is 0.773 bits per heavy atom. The average molecular weight is 285 g/mol. The van der Waals surface area contributed by atoms with Gasteiger partial charge in [-0.3, -0.25) is 0 Å². The molecule has 0 N–H and O–H groups in total. The van der Waals surface area contributed by atoms with E-state index < -0.39 is 0 Å². The Morgan fingerprint density at radius 2 is 1.50 bits per heavy atom. The Balaban J connectivity index is 1.72. The van der Waals surface area contributed by atoms with Crippen LogP contribution >= 0.6 is 0 Å². The molecule has 2 heteroatoms. The van der Waals surface area contributed by atoms with Crippen molar-refractivity contribution in [1.29, 1.82) is 0 Å². The Labute approximate surface area is 129 Å². The van der Waals surface area contributed by atoms with Crippen molar-refractivity contribution in [3.63, 3.8) is 0 Å². The highest BCUT2D eigenvalue weighted by Gasteiger charge is 2.19. The summed E-state index contributed by atoms with van der Waals surface area (Å²) in [6.45, 7) is 0. The predicted molar refractivity (Wildman–Crippen MR) is 89.6 cm³/mol. The van der Waals surface area contributed by atoms with Crippen molar-refractivity contribution in [1.82, 2.24) is 0 Å². The summed E-state index contributed by atoms with van der Waals surface area (Å²) in [4.78, 5) is 0. The molecular weight excluding hydrogens is 270 g/mol. The summed E-state index contributed by atoms with van der Waals surface area (Å²) < 4.78 is 0.943. The maximum absolute atomic E-state index is 12.3. The van der Waals surface area contributed by atoms with Crippen molar-refractivity contribution in [3.05, 3.63) is 94.7 Å². The van der Waals surface area contributed by atoms with Crippen molar-refractivity contribution >= 4 is 11.9 Å². The van der Waals surface area contributed by atoms with Crippen LogP contribution < -0.4 is 0 Å². The van der Waals surface area contributed by atoms with Crippen molar-refractivity contribution in [3.8, 4) is 11.1 Å². The number of rotatable bonds is 2. The number of benzene rings is 3. The van der Waals surface area contributed by atoms with Gasteiger partial charge < -0.3 is 5.21 Å². The molecule has 106 valence electrons. The fourth-order valence-electron chi connectivity index (χ4n) is 3.02. The first-order valence-corrected chi connectivity index (χ1v) is 7.39. The highest BCUT2D eigenvalue weighted by atomic mass is 16.5. The van der Waals surface area contributed by atoms with Crippen LogP contribution in [0.1, 0.15) is 16.7 Å². The van der Waals surface area contributed by atoms with E-state index in [1.165, 1.54) is 22.3 Å². The molecule has 0 bridgehead atoms. The van der Waals surface area contributed by atoms with E-state index >= 15 is 0 Å². The Hall–Kier alpha value is -2.87. The minimum Gasteiger partial charge on any atom is -0.618 e. The van der Waals surface area contributed by atoms with Crippen LogP contribution in [0.5, 0.6) is 0 Å². The lowest BCUT2D eigenvalue weighted by Gasteiger charge is -2.06. The lowest BCUT2D eigenvalue weighted by molar-refractivity contribution is -0.354. The molecule has 1 aliphatic rings. The number of fused-ring (bicyclic) bond motifs is 3. The van der Waals surface area contributed by atoms with Crippen LogP contribution in [0.2, 0.25) is 0 Å². The topological polar surface area (TPSA) is 26.1 Å². The zero-order chi connectivity index (χ0) is 14.9. The highest BCUT2D eigenvalue weighted by Crippen LogP contribution is 2.37. The molecule has 0 amide bonds. The standard InChI is InChI=1S/C20H15NO/c22-21(14-15-6-2-1-3-7-15)18-10-11-20-17(13-18)12-16-8-4-5-9-19(16)20/h1-11,13-14H,12H2/b21-14+. The largest absolute Gasteiger partial charge is 0.618 e. The second kappa shape index (κ2) is 5.15. The Morgan fingerprint density at radius 3 is 2.36 bits per heavy atom. The molecule has 0 spiro atoms. The molecule has 0 radical (unpaired) electrons. The molecule has 22 heavy (non-hydrogen) atoms. The first-order chi connectivity index (χ1) is 10.8. The second-order valence-corrected chi connectivity index (χ2v) is 5.54. The van der Waals surface area contributed by atoms with Crippen LogP contribution in [0, 0.1) is 5.21 Å². The molecule has 4 rings (SSSR count). The SMILES string of the molecule is [O-]/[N+](=C/c1ccccc1)c1ccc2c(c1)Cc1ccccc1-2. The van der Waals surface area contributed by atoms with E-state index in [9.17, 15) is 5.21 Å². The molecule has 0 heterocycles. The Kier molecular flexibility index (Phi) is 3.01. The highest BCUT2D eigenvalue weighted by molar-refractivity contribution is 5.79. The summed E-state index contributed by atoms with van der Waals surface area (Å²) in [5.74, 6) is 0. The van der Waals surface area contributed by atoms with E-state index in [0.717, 1.165) is 16.7 Å². The van der Waals surface area contributed by atoms with Gasteiger partial charge in [0.2, 0.25) is 5.69 Å². The number of nitrogens with zero attached hydrogens (tertiary/aromatic N) is 1. The van der Waals surface area contributed by atoms with Gasteiger partial charge in [0, 0.05) is 17.7 Å². The van der Waals surface area contributed by atoms with E-state index in [-0.39, 0.29) is 0 Å². The first kappa shape index (κ1) is 12.8. The van der Waals surface area contributed by atoms with Gasteiger partial charge in [-0.2, -0.15) is 4.74 Å². The van der Waals surface area contributed by atoms with Gasteiger partial charge in [0.1, 0.15) is 0 Å². The maximum Gasteiger partial charge on any atom is 0.216 e. The fourth-order valence-corrected chi connectivity index (χ4v) is 3.02. The van der Waals surface area contributed by atoms with Crippen LogP contribution in [-0.4, -0.2) is 11.0 Å². The van der Waals surface area contributed by atoms with Gasteiger partial charge in [-0.05, 0) is 46.9 Å². The second-order valence-electron chi connectivity index (χ2n) is 5.54. The van der Waals surface area contributed by atoms with Crippen molar-refractivity contribution in [2.24, 2.45) is 0 Å². The molecule has 3 aromatic carbocycles. The molecular formula is C20H15NO. The lowest BCUT2D eigenvalue weighted by Crippen LogP contribution is -1.99. The smallest absolute Gasteiger partial charge is 0.216 e. The summed E-state index contributed by atoms with van der Waals surface area (Å²) in [5.41, 5.74) is 6.66. The normalized spacial score (nSPS) is 12.8. The molecule has 0 saturated carbocycles. The van der Waals surface area contributed by atoms with E-state index in [4.69, 9.17) is 0 Å².